The van der Waals surface area contributed by atoms with E-state index in [9.17, 15) is 9.18 Å². The Labute approximate surface area is 134 Å². The molecular formula is C15H19FN2OS2. The van der Waals surface area contributed by atoms with Crippen LogP contribution in [0.25, 0.3) is 0 Å². The second-order valence-corrected chi connectivity index (χ2v) is 7.15. The van der Waals surface area contributed by atoms with E-state index in [2.05, 4.69) is 10.2 Å². The van der Waals surface area contributed by atoms with Gasteiger partial charge in [0.15, 0.2) is 0 Å². The van der Waals surface area contributed by atoms with E-state index in [1.165, 1.54) is 17.8 Å². The Hall–Kier alpha value is -1.14. The van der Waals surface area contributed by atoms with Crippen molar-refractivity contribution in [3.63, 3.8) is 0 Å². The van der Waals surface area contributed by atoms with Crippen molar-refractivity contribution in [3.8, 4) is 0 Å². The Kier molecular flexibility index (Phi) is 5.58. The number of carbonyl (C=O) groups excluding carboxylic acids is 1. The van der Waals surface area contributed by atoms with Gasteiger partial charge in [-0.1, -0.05) is 30.0 Å². The molecule has 1 fully saturated rings. The highest BCUT2D eigenvalue weighted by molar-refractivity contribution is 8.23. The molecule has 0 aliphatic carbocycles. The van der Waals surface area contributed by atoms with Crippen LogP contribution in [0.2, 0.25) is 0 Å². The van der Waals surface area contributed by atoms with E-state index >= 15 is 0 Å². The summed E-state index contributed by atoms with van der Waals surface area (Å²) >= 11 is 6.74. The normalized spacial score (nSPS) is 15.9. The number of nitrogens with zero attached hydrogens (tertiary/aromatic N) is 1. The van der Waals surface area contributed by atoms with Crippen LogP contribution in [0.3, 0.4) is 0 Å². The Morgan fingerprint density at radius 1 is 1.43 bits per heavy atom. The summed E-state index contributed by atoms with van der Waals surface area (Å²) in [6, 6.07) is 4.69. The Balaban J connectivity index is 1.89. The molecule has 1 aromatic rings. The van der Waals surface area contributed by atoms with E-state index in [1.54, 1.807) is 19.1 Å². The van der Waals surface area contributed by atoms with E-state index in [0.29, 0.717) is 11.3 Å². The highest BCUT2D eigenvalue weighted by Gasteiger charge is 2.21. The molecule has 0 aromatic heterocycles. The van der Waals surface area contributed by atoms with Crippen molar-refractivity contribution in [2.24, 2.45) is 0 Å². The third-order valence-corrected chi connectivity index (χ3v) is 5.02. The molecule has 21 heavy (non-hydrogen) atoms. The first-order chi connectivity index (χ1) is 9.97. The zero-order chi connectivity index (χ0) is 15.4. The number of benzene rings is 1. The standard InChI is InChI=1S/C15H19FN2OS2/c1-10-5-6-12(9-13(10)16)17-14(19)11(2)21-15(20)18-7-3-4-8-18/h5-6,9,11H,3-4,7-8H2,1-2H3,(H,17,19)/t11-/m1/s1. The molecule has 1 heterocycles. The number of hydrogen-bond acceptors (Lipinski definition) is 3. The van der Waals surface area contributed by atoms with E-state index in [-0.39, 0.29) is 17.0 Å². The van der Waals surface area contributed by atoms with Crippen molar-refractivity contribution in [3.05, 3.63) is 29.6 Å². The number of likely N-dealkylation sites (tertiary alicyclic amines) is 1. The number of amides is 1. The van der Waals surface area contributed by atoms with Crippen LogP contribution in [0.5, 0.6) is 0 Å². The summed E-state index contributed by atoms with van der Waals surface area (Å²) in [7, 11) is 0. The van der Waals surface area contributed by atoms with Crippen LogP contribution in [-0.4, -0.2) is 33.5 Å². The quantitative estimate of drug-likeness (QED) is 0.861. The fraction of sp³-hybridized carbons (Fsp3) is 0.467. The monoisotopic (exact) mass is 326 g/mol. The number of aryl methyl sites for hydroxylation is 1. The van der Waals surface area contributed by atoms with Crippen molar-refractivity contribution in [2.75, 3.05) is 18.4 Å². The van der Waals surface area contributed by atoms with E-state index in [0.717, 1.165) is 30.3 Å². The van der Waals surface area contributed by atoms with Gasteiger partial charge in [-0.3, -0.25) is 4.79 Å². The molecule has 3 nitrogen and oxygen atoms in total. The van der Waals surface area contributed by atoms with Crippen LogP contribution in [0, 0.1) is 12.7 Å². The van der Waals surface area contributed by atoms with Gasteiger partial charge in [-0.2, -0.15) is 0 Å². The second kappa shape index (κ2) is 7.22. The van der Waals surface area contributed by atoms with Gasteiger partial charge >= 0.3 is 0 Å². The van der Waals surface area contributed by atoms with Crippen molar-refractivity contribution in [1.29, 1.82) is 0 Å². The zero-order valence-corrected chi connectivity index (χ0v) is 13.8. The molecular weight excluding hydrogens is 307 g/mol. The lowest BCUT2D eigenvalue weighted by Crippen LogP contribution is -2.29. The molecule has 1 amide bonds. The topological polar surface area (TPSA) is 32.3 Å². The largest absolute Gasteiger partial charge is 0.358 e. The summed E-state index contributed by atoms with van der Waals surface area (Å²) in [5.74, 6) is -0.481. The smallest absolute Gasteiger partial charge is 0.237 e. The van der Waals surface area contributed by atoms with Crippen LogP contribution < -0.4 is 5.32 Å². The molecule has 1 aliphatic rings. The third-order valence-electron chi connectivity index (χ3n) is 3.45. The number of nitrogens with one attached hydrogen (secondary N) is 1. The van der Waals surface area contributed by atoms with Gasteiger partial charge in [0.25, 0.3) is 0 Å². The predicted octanol–water partition coefficient (Wildman–Crippen LogP) is 3.58. The van der Waals surface area contributed by atoms with Gasteiger partial charge in [-0.05, 0) is 44.4 Å². The number of rotatable bonds is 3. The minimum Gasteiger partial charge on any atom is -0.358 e. The zero-order valence-electron chi connectivity index (χ0n) is 12.2. The van der Waals surface area contributed by atoms with Gasteiger partial charge < -0.3 is 10.2 Å². The van der Waals surface area contributed by atoms with Crippen LogP contribution in [0.4, 0.5) is 10.1 Å². The van der Waals surface area contributed by atoms with Crippen molar-refractivity contribution in [1.82, 2.24) is 4.90 Å². The molecule has 1 saturated heterocycles. The van der Waals surface area contributed by atoms with Gasteiger partial charge in [0.2, 0.25) is 5.91 Å². The van der Waals surface area contributed by atoms with Crippen molar-refractivity contribution < 1.29 is 9.18 Å². The van der Waals surface area contributed by atoms with Crippen LogP contribution in [0.1, 0.15) is 25.3 Å². The lowest BCUT2D eigenvalue weighted by Gasteiger charge is -2.20. The number of carbonyl (C=O) groups is 1. The summed E-state index contributed by atoms with van der Waals surface area (Å²) < 4.78 is 14.2. The number of hydrogen-bond donors (Lipinski definition) is 1. The summed E-state index contributed by atoms with van der Waals surface area (Å²) in [6.45, 7) is 5.45. The minimum atomic E-state index is -0.319. The van der Waals surface area contributed by atoms with Crippen LogP contribution >= 0.6 is 24.0 Å². The molecule has 0 bridgehead atoms. The summed E-state index contributed by atoms with van der Waals surface area (Å²) in [5.41, 5.74) is 1.04. The van der Waals surface area contributed by atoms with Crippen LogP contribution in [0.15, 0.2) is 18.2 Å². The molecule has 0 spiro atoms. The second-order valence-electron chi connectivity index (χ2n) is 5.17. The molecule has 1 N–H and O–H groups in total. The SMILES string of the molecule is Cc1ccc(NC(=O)[C@@H](C)SC(=S)N2CCCC2)cc1F. The molecule has 1 atom stereocenters. The Morgan fingerprint density at radius 3 is 2.71 bits per heavy atom. The fourth-order valence-corrected chi connectivity index (χ4v) is 3.51. The molecule has 114 valence electrons. The number of anilines is 1. The molecule has 1 aliphatic heterocycles. The average Bonchev–Trinajstić information content (AvgIpc) is 2.97. The fourth-order valence-electron chi connectivity index (χ4n) is 2.09. The average molecular weight is 326 g/mol. The highest BCUT2D eigenvalue weighted by atomic mass is 32.2. The first-order valence-electron chi connectivity index (χ1n) is 7.00. The van der Waals surface area contributed by atoms with E-state index < -0.39 is 0 Å². The molecule has 6 heteroatoms. The van der Waals surface area contributed by atoms with E-state index in [4.69, 9.17) is 12.2 Å². The molecule has 2 rings (SSSR count). The number of thioether (sulfide) groups is 1. The predicted molar refractivity (Wildman–Crippen MR) is 90.2 cm³/mol. The van der Waals surface area contributed by atoms with Crippen molar-refractivity contribution in [2.45, 2.75) is 31.9 Å². The van der Waals surface area contributed by atoms with Crippen molar-refractivity contribution >= 4 is 39.9 Å². The highest BCUT2D eigenvalue weighted by Crippen LogP contribution is 2.22. The maximum Gasteiger partial charge on any atom is 0.237 e. The van der Waals surface area contributed by atoms with Gasteiger partial charge in [0.05, 0.1) is 5.25 Å². The Bertz CT molecular complexity index is 544. The maximum absolute atomic E-state index is 13.5. The molecule has 1 aromatic carbocycles. The first-order valence-corrected chi connectivity index (χ1v) is 8.29. The minimum absolute atomic E-state index is 0.162. The summed E-state index contributed by atoms with van der Waals surface area (Å²) in [5, 5.41) is 2.42. The summed E-state index contributed by atoms with van der Waals surface area (Å²) in [6.07, 6.45) is 2.31. The molecule has 0 saturated carbocycles. The maximum atomic E-state index is 13.5. The van der Waals surface area contributed by atoms with Gasteiger partial charge in [0, 0.05) is 18.8 Å². The van der Waals surface area contributed by atoms with Gasteiger partial charge in [0.1, 0.15) is 10.1 Å². The van der Waals surface area contributed by atoms with Gasteiger partial charge in [-0.15, -0.1) is 0 Å². The van der Waals surface area contributed by atoms with E-state index in [1.807, 2.05) is 6.92 Å². The summed E-state index contributed by atoms with van der Waals surface area (Å²) in [4.78, 5) is 14.3. The molecule has 0 radical (unpaired) electrons. The van der Waals surface area contributed by atoms with Crippen LogP contribution in [-0.2, 0) is 4.79 Å². The lowest BCUT2D eigenvalue weighted by molar-refractivity contribution is -0.115. The van der Waals surface area contributed by atoms with Gasteiger partial charge in [-0.25, -0.2) is 4.39 Å². The lowest BCUT2D eigenvalue weighted by atomic mass is 10.2. The third kappa shape index (κ3) is 4.41. The Morgan fingerprint density at radius 2 is 2.10 bits per heavy atom. The number of thiocarbonyl (C=S) groups is 1. The molecule has 0 unspecified atom stereocenters. The number of halogens is 1. The first kappa shape index (κ1) is 16.2.